The van der Waals surface area contributed by atoms with Crippen molar-refractivity contribution in [2.75, 3.05) is 5.73 Å². The van der Waals surface area contributed by atoms with Gasteiger partial charge >= 0.3 is 0 Å². The van der Waals surface area contributed by atoms with Crippen molar-refractivity contribution in [3.05, 3.63) is 50.3 Å². The Labute approximate surface area is 122 Å². The van der Waals surface area contributed by atoms with Gasteiger partial charge in [0.2, 0.25) is 0 Å². The molecule has 18 heavy (non-hydrogen) atoms. The van der Waals surface area contributed by atoms with Crippen LogP contribution in [0.2, 0.25) is 0 Å². The van der Waals surface area contributed by atoms with E-state index in [1.165, 1.54) is 0 Å². The smallest absolute Gasteiger partial charge is 0.128 e. The fourth-order valence-electron chi connectivity index (χ4n) is 1.65. The molecule has 94 valence electrons. The lowest BCUT2D eigenvalue weighted by Crippen LogP contribution is -2.17. The van der Waals surface area contributed by atoms with Crippen molar-refractivity contribution in [2.45, 2.75) is 13.0 Å². The molecular formula is C12H12Br2N4. The molecule has 1 unspecified atom stereocenters. The maximum Gasteiger partial charge on any atom is 0.128 e. The van der Waals surface area contributed by atoms with Gasteiger partial charge in [0.05, 0.1) is 11.7 Å². The molecular weight excluding hydrogens is 360 g/mol. The maximum atomic E-state index is 6.21. The maximum absolute atomic E-state index is 6.21. The van der Waals surface area contributed by atoms with Crippen LogP contribution in [0.25, 0.3) is 0 Å². The van der Waals surface area contributed by atoms with Crippen molar-refractivity contribution in [1.29, 1.82) is 0 Å². The minimum Gasteiger partial charge on any atom is -0.383 e. The quantitative estimate of drug-likeness (QED) is 0.850. The van der Waals surface area contributed by atoms with Gasteiger partial charge in [-0.3, -0.25) is 4.98 Å². The Morgan fingerprint density at radius 3 is 2.56 bits per heavy atom. The van der Waals surface area contributed by atoms with Crippen LogP contribution < -0.4 is 11.5 Å². The summed E-state index contributed by atoms with van der Waals surface area (Å²) in [4.78, 5) is 8.44. The molecule has 0 aromatic carbocycles. The van der Waals surface area contributed by atoms with Crippen LogP contribution >= 0.6 is 31.9 Å². The van der Waals surface area contributed by atoms with Crippen LogP contribution in [-0.2, 0) is 0 Å². The first-order valence-corrected chi connectivity index (χ1v) is 6.86. The fraction of sp³-hybridized carbons (Fsp3) is 0.167. The highest BCUT2D eigenvalue weighted by atomic mass is 79.9. The van der Waals surface area contributed by atoms with E-state index < -0.39 is 6.04 Å². The second-order valence-electron chi connectivity index (χ2n) is 3.99. The lowest BCUT2D eigenvalue weighted by atomic mass is 10.0. The molecule has 6 heteroatoms. The molecule has 1 atom stereocenters. The van der Waals surface area contributed by atoms with Crippen molar-refractivity contribution >= 4 is 37.7 Å². The first-order valence-electron chi connectivity index (χ1n) is 5.27. The average molecular weight is 372 g/mol. The standard InChI is InChI=1S/C12H12Br2N4/c1-6-2-8(12(16)18-4-6)10(15)11-9(14)3-7(13)5-17-11/h2-5,10H,15H2,1H3,(H2,16,18). The van der Waals surface area contributed by atoms with Crippen molar-refractivity contribution < 1.29 is 0 Å². The summed E-state index contributed by atoms with van der Waals surface area (Å²) in [5.41, 5.74) is 14.6. The molecule has 2 aromatic rings. The van der Waals surface area contributed by atoms with Crippen LogP contribution in [0.1, 0.15) is 22.9 Å². The highest BCUT2D eigenvalue weighted by Gasteiger charge is 2.17. The van der Waals surface area contributed by atoms with Crippen LogP contribution in [0, 0.1) is 6.92 Å². The van der Waals surface area contributed by atoms with Crippen molar-refractivity contribution in [3.63, 3.8) is 0 Å². The molecule has 0 radical (unpaired) electrons. The van der Waals surface area contributed by atoms with Gasteiger partial charge < -0.3 is 11.5 Å². The van der Waals surface area contributed by atoms with Gasteiger partial charge in [-0.1, -0.05) is 0 Å². The second-order valence-corrected chi connectivity index (χ2v) is 5.76. The van der Waals surface area contributed by atoms with E-state index in [0.717, 1.165) is 25.8 Å². The molecule has 0 aliphatic carbocycles. The SMILES string of the molecule is Cc1cnc(N)c(C(N)c2ncc(Br)cc2Br)c1. The van der Waals surface area contributed by atoms with E-state index in [9.17, 15) is 0 Å². The van der Waals surface area contributed by atoms with E-state index in [4.69, 9.17) is 11.5 Å². The topological polar surface area (TPSA) is 77.8 Å². The third kappa shape index (κ3) is 2.71. The average Bonchev–Trinajstić information content (AvgIpc) is 2.31. The molecule has 4 nitrogen and oxygen atoms in total. The summed E-state index contributed by atoms with van der Waals surface area (Å²) in [5.74, 6) is 0.435. The van der Waals surface area contributed by atoms with Gasteiger partial charge in [-0.2, -0.15) is 0 Å². The summed E-state index contributed by atoms with van der Waals surface area (Å²) >= 11 is 6.81. The lowest BCUT2D eigenvalue weighted by molar-refractivity contribution is 0.817. The summed E-state index contributed by atoms with van der Waals surface area (Å²) in [6, 6.07) is 3.44. The lowest BCUT2D eigenvalue weighted by Gasteiger charge is -2.15. The molecule has 0 fully saturated rings. The predicted molar refractivity (Wildman–Crippen MR) is 79.1 cm³/mol. The predicted octanol–water partition coefficient (Wildman–Crippen LogP) is 2.94. The summed E-state index contributed by atoms with van der Waals surface area (Å²) in [6.07, 6.45) is 3.43. The first kappa shape index (κ1) is 13.5. The van der Waals surface area contributed by atoms with Gasteiger partial charge in [0.15, 0.2) is 0 Å². The molecule has 2 heterocycles. The van der Waals surface area contributed by atoms with Crippen LogP contribution in [-0.4, -0.2) is 9.97 Å². The number of pyridine rings is 2. The van der Waals surface area contributed by atoms with E-state index in [2.05, 4.69) is 41.8 Å². The largest absolute Gasteiger partial charge is 0.383 e. The molecule has 2 aromatic heterocycles. The number of hydrogen-bond donors (Lipinski definition) is 2. The van der Waals surface area contributed by atoms with Gasteiger partial charge in [-0.15, -0.1) is 0 Å². The van der Waals surface area contributed by atoms with Gasteiger partial charge in [-0.05, 0) is 56.5 Å². The van der Waals surface area contributed by atoms with Crippen LogP contribution in [0.15, 0.2) is 33.5 Å². The summed E-state index contributed by atoms with van der Waals surface area (Å²) in [7, 11) is 0. The monoisotopic (exact) mass is 370 g/mol. The van der Waals surface area contributed by atoms with E-state index in [1.54, 1.807) is 12.4 Å². The van der Waals surface area contributed by atoms with Gasteiger partial charge in [0.1, 0.15) is 5.82 Å². The number of aromatic nitrogens is 2. The minimum atomic E-state index is -0.403. The van der Waals surface area contributed by atoms with Crippen molar-refractivity contribution in [3.8, 4) is 0 Å². The Hall–Kier alpha value is -0.980. The number of hydrogen-bond acceptors (Lipinski definition) is 4. The fourth-order valence-corrected chi connectivity index (χ4v) is 2.89. The zero-order valence-electron chi connectivity index (χ0n) is 9.69. The van der Waals surface area contributed by atoms with E-state index in [1.807, 2.05) is 19.1 Å². The van der Waals surface area contributed by atoms with Crippen LogP contribution in [0.3, 0.4) is 0 Å². The molecule has 0 bridgehead atoms. The molecule has 0 saturated carbocycles. The van der Waals surface area contributed by atoms with Gasteiger partial charge in [0.25, 0.3) is 0 Å². The molecule has 2 rings (SSSR count). The van der Waals surface area contributed by atoms with Gasteiger partial charge in [0, 0.05) is 26.9 Å². The number of rotatable bonds is 2. The Morgan fingerprint density at radius 1 is 1.17 bits per heavy atom. The minimum absolute atomic E-state index is 0.403. The summed E-state index contributed by atoms with van der Waals surface area (Å²) < 4.78 is 1.73. The second kappa shape index (κ2) is 5.34. The number of nitrogens with zero attached hydrogens (tertiary/aromatic N) is 2. The van der Waals surface area contributed by atoms with Crippen molar-refractivity contribution in [2.24, 2.45) is 5.73 Å². The number of anilines is 1. The van der Waals surface area contributed by atoms with E-state index in [-0.39, 0.29) is 0 Å². The molecule has 0 aliphatic rings. The Balaban J connectivity index is 2.47. The number of nitrogen functional groups attached to an aromatic ring is 1. The van der Waals surface area contributed by atoms with Crippen LogP contribution in [0.4, 0.5) is 5.82 Å². The Bertz CT molecular complexity index is 586. The summed E-state index contributed by atoms with van der Waals surface area (Å²) in [6.45, 7) is 1.95. The Kier molecular flexibility index (Phi) is 3.99. The Morgan fingerprint density at radius 2 is 1.89 bits per heavy atom. The zero-order chi connectivity index (χ0) is 13.3. The van der Waals surface area contributed by atoms with Crippen LogP contribution in [0.5, 0.6) is 0 Å². The molecule has 0 spiro atoms. The number of halogens is 2. The number of nitrogens with two attached hydrogens (primary N) is 2. The molecule has 0 aliphatic heterocycles. The first-order chi connectivity index (χ1) is 8.49. The highest BCUT2D eigenvalue weighted by Crippen LogP contribution is 2.29. The summed E-state index contributed by atoms with van der Waals surface area (Å²) in [5, 5.41) is 0. The van der Waals surface area contributed by atoms with E-state index in [0.29, 0.717) is 5.82 Å². The third-order valence-corrected chi connectivity index (χ3v) is 3.62. The zero-order valence-corrected chi connectivity index (χ0v) is 12.9. The van der Waals surface area contributed by atoms with Gasteiger partial charge in [-0.25, -0.2) is 4.98 Å². The number of aryl methyl sites for hydroxylation is 1. The van der Waals surface area contributed by atoms with E-state index >= 15 is 0 Å². The van der Waals surface area contributed by atoms with Crippen molar-refractivity contribution in [1.82, 2.24) is 9.97 Å². The molecule has 0 amide bonds. The molecule has 0 saturated heterocycles. The third-order valence-electron chi connectivity index (χ3n) is 2.55. The highest BCUT2D eigenvalue weighted by molar-refractivity contribution is 9.11. The molecule has 4 N–H and O–H groups in total. The normalized spacial score (nSPS) is 12.4.